The Morgan fingerprint density at radius 3 is 2.90 bits per heavy atom. The van der Waals surface area contributed by atoms with Gasteiger partial charge >= 0.3 is 0 Å². The van der Waals surface area contributed by atoms with E-state index in [0.717, 1.165) is 25.9 Å². The highest BCUT2D eigenvalue weighted by Gasteiger charge is 2.31. The molecule has 116 valence electrons. The van der Waals surface area contributed by atoms with Gasteiger partial charge in [0.25, 0.3) is 0 Å². The second kappa shape index (κ2) is 6.97. The SMILES string of the molecule is CC1(CO)CCCN(CC(=O)Nc2ccc(Cl)cc2Cl)C1. The topological polar surface area (TPSA) is 52.6 Å². The van der Waals surface area contributed by atoms with Crippen LogP contribution in [0.15, 0.2) is 18.2 Å². The minimum atomic E-state index is -0.115. The molecule has 1 saturated heterocycles. The molecular weight excluding hydrogens is 311 g/mol. The molecule has 0 radical (unpaired) electrons. The van der Waals surface area contributed by atoms with Crippen molar-refractivity contribution in [3.8, 4) is 0 Å². The number of carbonyl (C=O) groups excluding carboxylic acids is 1. The van der Waals surface area contributed by atoms with Crippen molar-refractivity contribution in [2.24, 2.45) is 5.41 Å². The van der Waals surface area contributed by atoms with Gasteiger partial charge in [-0.05, 0) is 37.6 Å². The van der Waals surface area contributed by atoms with Gasteiger partial charge in [0.15, 0.2) is 0 Å². The number of amides is 1. The number of aliphatic hydroxyl groups excluding tert-OH is 1. The van der Waals surface area contributed by atoms with Crippen LogP contribution < -0.4 is 5.32 Å². The van der Waals surface area contributed by atoms with E-state index in [1.165, 1.54) is 0 Å². The molecule has 1 aromatic rings. The summed E-state index contributed by atoms with van der Waals surface area (Å²) in [5, 5.41) is 13.2. The first-order valence-electron chi connectivity index (χ1n) is 7.00. The number of hydrogen-bond acceptors (Lipinski definition) is 3. The van der Waals surface area contributed by atoms with Crippen LogP contribution in [0, 0.1) is 5.41 Å². The van der Waals surface area contributed by atoms with E-state index in [9.17, 15) is 9.90 Å². The fraction of sp³-hybridized carbons (Fsp3) is 0.533. The molecule has 0 saturated carbocycles. The molecule has 0 aromatic heterocycles. The molecule has 6 heteroatoms. The molecule has 0 aliphatic carbocycles. The number of aliphatic hydroxyl groups is 1. The van der Waals surface area contributed by atoms with Crippen LogP contribution in [-0.4, -0.2) is 42.2 Å². The summed E-state index contributed by atoms with van der Waals surface area (Å²) in [6.07, 6.45) is 1.98. The number of carbonyl (C=O) groups is 1. The molecule has 2 N–H and O–H groups in total. The average molecular weight is 331 g/mol. The lowest BCUT2D eigenvalue weighted by Crippen LogP contribution is -2.46. The largest absolute Gasteiger partial charge is 0.396 e. The minimum absolute atomic E-state index is 0.110. The van der Waals surface area contributed by atoms with Gasteiger partial charge in [-0.1, -0.05) is 30.1 Å². The Morgan fingerprint density at radius 1 is 1.48 bits per heavy atom. The first kappa shape index (κ1) is 16.6. The van der Waals surface area contributed by atoms with Gasteiger partial charge in [-0.25, -0.2) is 0 Å². The molecule has 1 aliphatic rings. The number of piperidine rings is 1. The van der Waals surface area contributed by atoms with E-state index < -0.39 is 0 Å². The van der Waals surface area contributed by atoms with Crippen LogP contribution in [-0.2, 0) is 4.79 Å². The standard InChI is InChI=1S/C15H20Cl2N2O2/c1-15(10-20)5-2-6-19(9-15)8-14(21)18-13-4-3-11(16)7-12(13)17/h3-4,7,20H,2,5-6,8-10H2,1H3,(H,18,21). The average Bonchev–Trinajstić information content (AvgIpc) is 2.42. The number of benzene rings is 1. The summed E-state index contributed by atoms with van der Waals surface area (Å²) in [5.74, 6) is -0.110. The van der Waals surface area contributed by atoms with Gasteiger partial charge in [-0.15, -0.1) is 0 Å². The molecule has 1 heterocycles. The molecule has 21 heavy (non-hydrogen) atoms. The number of likely N-dealkylation sites (tertiary alicyclic amines) is 1. The van der Waals surface area contributed by atoms with Gasteiger partial charge < -0.3 is 10.4 Å². The predicted octanol–water partition coefficient (Wildman–Crippen LogP) is 3.03. The van der Waals surface area contributed by atoms with Crippen molar-refractivity contribution in [3.63, 3.8) is 0 Å². The van der Waals surface area contributed by atoms with Gasteiger partial charge in [0.1, 0.15) is 0 Å². The maximum absolute atomic E-state index is 12.1. The molecule has 1 atom stereocenters. The third-order valence-electron chi connectivity index (χ3n) is 3.81. The lowest BCUT2D eigenvalue weighted by molar-refractivity contribution is -0.118. The van der Waals surface area contributed by atoms with Crippen LogP contribution in [0.3, 0.4) is 0 Å². The summed E-state index contributed by atoms with van der Waals surface area (Å²) in [6.45, 7) is 4.10. The molecule has 1 fully saturated rings. The zero-order chi connectivity index (χ0) is 15.5. The number of nitrogens with zero attached hydrogens (tertiary/aromatic N) is 1. The van der Waals surface area contributed by atoms with Crippen LogP contribution >= 0.6 is 23.2 Å². The second-order valence-corrected chi connectivity index (χ2v) is 6.80. The molecule has 1 amide bonds. The maximum atomic E-state index is 12.1. The summed E-state index contributed by atoms with van der Waals surface area (Å²) < 4.78 is 0. The summed E-state index contributed by atoms with van der Waals surface area (Å²) >= 11 is 11.9. The fourth-order valence-corrected chi connectivity index (χ4v) is 3.13. The Labute approximate surface area is 135 Å². The number of anilines is 1. The lowest BCUT2D eigenvalue weighted by atomic mass is 9.83. The maximum Gasteiger partial charge on any atom is 0.238 e. The number of rotatable bonds is 4. The molecule has 0 bridgehead atoms. The molecule has 1 aliphatic heterocycles. The van der Waals surface area contributed by atoms with Crippen LogP contribution in [0.1, 0.15) is 19.8 Å². The van der Waals surface area contributed by atoms with Gasteiger partial charge in [0.2, 0.25) is 5.91 Å². The van der Waals surface area contributed by atoms with E-state index in [1.807, 2.05) is 6.92 Å². The first-order chi connectivity index (χ1) is 9.92. The normalized spacial score (nSPS) is 23.0. The van der Waals surface area contributed by atoms with Crippen molar-refractivity contribution in [2.45, 2.75) is 19.8 Å². The third-order valence-corrected chi connectivity index (χ3v) is 4.36. The van der Waals surface area contributed by atoms with E-state index in [-0.39, 0.29) is 17.9 Å². The van der Waals surface area contributed by atoms with Crippen molar-refractivity contribution in [1.29, 1.82) is 0 Å². The summed E-state index contributed by atoms with van der Waals surface area (Å²) in [7, 11) is 0. The van der Waals surface area contributed by atoms with Gasteiger partial charge in [-0.2, -0.15) is 0 Å². The Balaban J connectivity index is 1.92. The quantitative estimate of drug-likeness (QED) is 0.892. The third kappa shape index (κ3) is 4.58. The lowest BCUT2D eigenvalue weighted by Gasteiger charge is -2.38. The van der Waals surface area contributed by atoms with Crippen LogP contribution in [0.4, 0.5) is 5.69 Å². The minimum Gasteiger partial charge on any atom is -0.396 e. The van der Waals surface area contributed by atoms with E-state index in [0.29, 0.717) is 22.3 Å². The van der Waals surface area contributed by atoms with Crippen molar-refractivity contribution >= 4 is 34.8 Å². The van der Waals surface area contributed by atoms with Gasteiger partial charge in [0, 0.05) is 23.6 Å². The highest BCUT2D eigenvalue weighted by molar-refractivity contribution is 6.36. The summed E-state index contributed by atoms with van der Waals surface area (Å²) in [6, 6.07) is 4.98. The predicted molar refractivity (Wildman–Crippen MR) is 86.0 cm³/mol. The summed E-state index contributed by atoms with van der Waals surface area (Å²) in [4.78, 5) is 14.2. The number of halogens is 2. The molecule has 2 rings (SSSR count). The van der Waals surface area contributed by atoms with E-state index in [1.54, 1.807) is 18.2 Å². The Hall–Kier alpha value is -0.810. The zero-order valence-electron chi connectivity index (χ0n) is 12.0. The molecule has 0 spiro atoms. The van der Waals surface area contributed by atoms with Crippen LogP contribution in [0.5, 0.6) is 0 Å². The number of nitrogens with one attached hydrogen (secondary N) is 1. The molecule has 1 unspecified atom stereocenters. The highest BCUT2D eigenvalue weighted by atomic mass is 35.5. The second-order valence-electron chi connectivity index (χ2n) is 5.96. The highest BCUT2D eigenvalue weighted by Crippen LogP contribution is 2.29. The first-order valence-corrected chi connectivity index (χ1v) is 7.76. The van der Waals surface area contributed by atoms with Gasteiger partial charge in [-0.3, -0.25) is 9.69 Å². The fourth-order valence-electron chi connectivity index (χ4n) is 2.68. The van der Waals surface area contributed by atoms with Crippen molar-refractivity contribution < 1.29 is 9.90 Å². The van der Waals surface area contributed by atoms with E-state index >= 15 is 0 Å². The molecule has 4 nitrogen and oxygen atoms in total. The Kier molecular flexibility index (Phi) is 5.49. The number of hydrogen-bond donors (Lipinski definition) is 2. The smallest absolute Gasteiger partial charge is 0.238 e. The van der Waals surface area contributed by atoms with E-state index in [4.69, 9.17) is 23.2 Å². The Bertz CT molecular complexity index is 524. The van der Waals surface area contributed by atoms with Crippen LogP contribution in [0.25, 0.3) is 0 Å². The zero-order valence-corrected chi connectivity index (χ0v) is 13.5. The van der Waals surface area contributed by atoms with Crippen molar-refractivity contribution in [1.82, 2.24) is 4.90 Å². The summed E-state index contributed by atoms with van der Waals surface area (Å²) in [5.41, 5.74) is 0.448. The Morgan fingerprint density at radius 2 is 2.24 bits per heavy atom. The van der Waals surface area contributed by atoms with E-state index in [2.05, 4.69) is 10.2 Å². The van der Waals surface area contributed by atoms with Crippen molar-refractivity contribution in [2.75, 3.05) is 31.6 Å². The molecule has 1 aromatic carbocycles. The van der Waals surface area contributed by atoms with Crippen molar-refractivity contribution in [3.05, 3.63) is 28.2 Å². The van der Waals surface area contributed by atoms with Gasteiger partial charge in [0.05, 0.1) is 17.3 Å². The van der Waals surface area contributed by atoms with Crippen LogP contribution in [0.2, 0.25) is 10.0 Å². The monoisotopic (exact) mass is 330 g/mol. The molecular formula is C15H20Cl2N2O2.